The molecule has 1 aliphatic heterocycles. The topological polar surface area (TPSA) is 96.3 Å². The Bertz CT molecular complexity index is 1020. The zero-order valence-corrected chi connectivity index (χ0v) is 15.3. The van der Waals surface area contributed by atoms with Crippen molar-refractivity contribution in [3.63, 3.8) is 0 Å². The molecule has 8 heteroatoms. The summed E-state index contributed by atoms with van der Waals surface area (Å²) in [6, 6.07) is 8.43. The molecule has 0 fully saturated rings. The van der Waals surface area contributed by atoms with E-state index in [1.165, 1.54) is 16.2 Å². The molecule has 0 aliphatic carbocycles. The van der Waals surface area contributed by atoms with Crippen molar-refractivity contribution in [2.24, 2.45) is 0 Å². The average Bonchev–Trinajstić information content (AvgIpc) is 3.08. The Labute approximate surface area is 159 Å². The van der Waals surface area contributed by atoms with E-state index >= 15 is 0 Å². The lowest BCUT2D eigenvalue weighted by Crippen LogP contribution is -2.48. The standard InChI is InChI=1S/C19H16N4O3S/c1-11-15(27-17(22-11)16-20-7-4-8-21-16)18(24)23-10-13-6-3-2-5-12(13)9-14(23)19(25)26/h2-8,14H,9-10H2,1H3,(H,25,26)/t14-/m0/s1. The fraction of sp³-hybridized carbons (Fsp3) is 0.211. The first-order valence-corrected chi connectivity index (χ1v) is 9.21. The summed E-state index contributed by atoms with van der Waals surface area (Å²) in [5.41, 5.74) is 2.49. The molecular formula is C19H16N4O3S. The second-order valence-corrected chi connectivity index (χ2v) is 7.26. The molecule has 1 aliphatic rings. The van der Waals surface area contributed by atoms with Gasteiger partial charge in [-0.2, -0.15) is 0 Å². The van der Waals surface area contributed by atoms with Crippen molar-refractivity contribution in [1.29, 1.82) is 0 Å². The van der Waals surface area contributed by atoms with Gasteiger partial charge < -0.3 is 10.0 Å². The Kier molecular flexibility index (Phi) is 4.41. The first-order chi connectivity index (χ1) is 13.0. The Hall–Kier alpha value is -3.13. The second-order valence-electron chi connectivity index (χ2n) is 6.27. The molecule has 3 aromatic rings. The first kappa shape index (κ1) is 17.3. The Morgan fingerprint density at radius 1 is 1.15 bits per heavy atom. The maximum atomic E-state index is 13.2. The molecule has 0 saturated carbocycles. The lowest BCUT2D eigenvalue weighted by molar-refractivity contribution is -0.142. The largest absolute Gasteiger partial charge is 0.480 e. The highest BCUT2D eigenvalue weighted by atomic mass is 32.1. The van der Waals surface area contributed by atoms with E-state index in [0.717, 1.165) is 11.1 Å². The normalized spacial score (nSPS) is 16.0. The highest BCUT2D eigenvalue weighted by molar-refractivity contribution is 7.17. The van der Waals surface area contributed by atoms with E-state index in [2.05, 4.69) is 15.0 Å². The number of aromatic nitrogens is 3. The number of nitrogens with zero attached hydrogens (tertiary/aromatic N) is 4. The predicted octanol–water partition coefficient (Wildman–Crippen LogP) is 2.56. The molecule has 0 radical (unpaired) electrons. The van der Waals surface area contributed by atoms with E-state index in [0.29, 0.717) is 27.8 Å². The van der Waals surface area contributed by atoms with Gasteiger partial charge in [0.15, 0.2) is 10.8 Å². The van der Waals surface area contributed by atoms with Gasteiger partial charge in [-0.1, -0.05) is 24.3 Å². The van der Waals surface area contributed by atoms with Crippen LogP contribution in [0.2, 0.25) is 0 Å². The molecule has 27 heavy (non-hydrogen) atoms. The number of carboxylic acid groups (broad SMARTS) is 1. The van der Waals surface area contributed by atoms with Crippen LogP contribution in [0.5, 0.6) is 0 Å². The van der Waals surface area contributed by atoms with Gasteiger partial charge in [0.25, 0.3) is 5.91 Å². The van der Waals surface area contributed by atoms with Crippen LogP contribution in [-0.4, -0.2) is 42.9 Å². The van der Waals surface area contributed by atoms with Crippen molar-refractivity contribution in [2.75, 3.05) is 0 Å². The van der Waals surface area contributed by atoms with Gasteiger partial charge in [-0.15, -0.1) is 11.3 Å². The van der Waals surface area contributed by atoms with Gasteiger partial charge in [-0.25, -0.2) is 19.7 Å². The van der Waals surface area contributed by atoms with Gasteiger partial charge in [-0.3, -0.25) is 4.79 Å². The van der Waals surface area contributed by atoms with Crippen molar-refractivity contribution in [3.05, 3.63) is 64.4 Å². The number of aliphatic carboxylic acids is 1. The number of rotatable bonds is 3. The summed E-state index contributed by atoms with van der Waals surface area (Å²) in [6.07, 6.45) is 3.52. The van der Waals surface area contributed by atoms with Crippen LogP contribution < -0.4 is 0 Å². The van der Waals surface area contributed by atoms with Crippen molar-refractivity contribution >= 4 is 23.2 Å². The highest BCUT2D eigenvalue weighted by Gasteiger charge is 2.36. The van der Waals surface area contributed by atoms with Gasteiger partial charge in [0.2, 0.25) is 0 Å². The van der Waals surface area contributed by atoms with Gasteiger partial charge >= 0.3 is 5.97 Å². The fourth-order valence-corrected chi connectivity index (χ4v) is 4.16. The summed E-state index contributed by atoms with van der Waals surface area (Å²) in [5, 5.41) is 10.2. The molecule has 0 unspecified atom stereocenters. The van der Waals surface area contributed by atoms with Crippen molar-refractivity contribution in [1.82, 2.24) is 19.9 Å². The molecule has 0 saturated heterocycles. The van der Waals surface area contributed by atoms with E-state index in [1.807, 2.05) is 24.3 Å². The molecule has 1 amide bonds. The first-order valence-electron chi connectivity index (χ1n) is 8.40. The summed E-state index contributed by atoms with van der Waals surface area (Å²) in [7, 11) is 0. The lowest BCUT2D eigenvalue weighted by Gasteiger charge is -2.34. The van der Waals surface area contributed by atoms with E-state index in [9.17, 15) is 14.7 Å². The maximum Gasteiger partial charge on any atom is 0.326 e. The quantitative estimate of drug-likeness (QED) is 0.750. The SMILES string of the molecule is Cc1nc(-c2ncccn2)sc1C(=O)N1Cc2ccccc2C[C@H]1C(=O)O. The van der Waals surface area contributed by atoms with Crippen molar-refractivity contribution < 1.29 is 14.7 Å². The number of aryl methyl sites for hydroxylation is 1. The molecule has 1 aromatic carbocycles. The Balaban J connectivity index is 1.69. The molecule has 4 rings (SSSR count). The molecule has 0 bridgehead atoms. The molecule has 136 valence electrons. The molecule has 1 atom stereocenters. The minimum atomic E-state index is -1.01. The Morgan fingerprint density at radius 2 is 1.85 bits per heavy atom. The van der Waals surface area contributed by atoms with Crippen LogP contribution in [-0.2, 0) is 17.8 Å². The predicted molar refractivity (Wildman–Crippen MR) is 99.3 cm³/mol. The van der Waals surface area contributed by atoms with Crippen LogP contribution in [0.4, 0.5) is 0 Å². The zero-order valence-electron chi connectivity index (χ0n) is 14.5. The van der Waals surface area contributed by atoms with E-state index < -0.39 is 12.0 Å². The van der Waals surface area contributed by atoms with Crippen LogP contribution in [0.3, 0.4) is 0 Å². The summed E-state index contributed by atoms with van der Waals surface area (Å²) in [5.74, 6) is -0.885. The van der Waals surface area contributed by atoms with E-state index in [4.69, 9.17) is 0 Å². The summed E-state index contributed by atoms with van der Waals surface area (Å²) in [6.45, 7) is 2.00. The molecular weight excluding hydrogens is 364 g/mol. The maximum absolute atomic E-state index is 13.2. The summed E-state index contributed by atoms with van der Waals surface area (Å²) >= 11 is 1.19. The monoisotopic (exact) mass is 380 g/mol. The van der Waals surface area contributed by atoms with Crippen molar-refractivity contribution in [2.45, 2.75) is 25.9 Å². The zero-order chi connectivity index (χ0) is 19.0. The molecule has 3 heterocycles. The minimum Gasteiger partial charge on any atom is -0.480 e. The number of carboxylic acids is 1. The van der Waals surface area contributed by atoms with Gasteiger partial charge in [0.05, 0.1) is 5.69 Å². The third-order valence-corrected chi connectivity index (χ3v) is 5.68. The van der Waals surface area contributed by atoms with Crippen LogP contribution in [0.1, 0.15) is 26.5 Å². The number of fused-ring (bicyclic) bond motifs is 1. The number of hydrogen-bond acceptors (Lipinski definition) is 6. The molecule has 0 spiro atoms. The third-order valence-electron chi connectivity index (χ3n) is 4.54. The van der Waals surface area contributed by atoms with Crippen LogP contribution in [0.15, 0.2) is 42.7 Å². The average molecular weight is 380 g/mol. The summed E-state index contributed by atoms with van der Waals surface area (Å²) in [4.78, 5) is 39.6. The lowest BCUT2D eigenvalue weighted by atomic mass is 9.94. The number of thiazole rings is 1. The van der Waals surface area contributed by atoms with E-state index in [1.54, 1.807) is 25.4 Å². The number of carbonyl (C=O) groups is 2. The van der Waals surface area contributed by atoms with E-state index in [-0.39, 0.29) is 12.5 Å². The molecule has 2 aromatic heterocycles. The smallest absolute Gasteiger partial charge is 0.326 e. The molecule has 1 N–H and O–H groups in total. The van der Waals surface area contributed by atoms with Crippen molar-refractivity contribution in [3.8, 4) is 10.8 Å². The third kappa shape index (κ3) is 3.19. The minimum absolute atomic E-state index is 0.264. The number of hydrogen-bond donors (Lipinski definition) is 1. The highest BCUT2D eigenvalue weighted by Crippen LogP contribution is 2.30. The van der Waals surface area contributed by atoms with Gasteiger partial charge in [-0.05, 0) is 24.1 Å². The van der Waals surface area contributed by atoms with Gasteiger partial charge in [0.1, 0.15) is 10.9 Å². The second kappa shape index (κ2) is 6.88. The summed E-state index contributed by atoms with van der Waals surface area (Å²) < 4.78 is 0. The number of amides is 1. The fourth-order valence-electron chi connectivity index (χ4n) is 3.19. The van der Waals surface area contributed by atoms with Crippen LogP contribution >= 0.6 is 11.3 Å². The van der Waals surface area contributed by atoms with Gasteiger partial charge in [0, 0.05) is 25.4 Å². The molecule has 7 nitrogen and oxygen atoms in total. The van der Waals surface area contributed by atoms with Crippen LogP contribution in [0, 0.1) is 6.92 Å². The number of benzene rings is 1. The Morgan fingerprint density at radius 3 is 2.56 bits per heavy atom. The number of carbonyl (C=O) groups excluding carboxylic acids is 1. The van der Waals surface area contributed by atoms with Crippen LogP contribution in [0.25, 0.3) is 10.8 Å².